The van der Waals surface area contributed by atoms with E-state index in [4.69, 9.17) is 0 Å². The van der Waals surface area contributed by atoms with Crippen molar-refractivity contribution in [1.29, 1.82) is 0 Å². The molecule has 21 heavy (non-hydrogen) atoms. The number of likely N-dealkylation sites (N-methyl/N-ethyl adjacent to an activating group) is 1. The summed E-state index contributed by atoms with van der Waals surface area (Å²) < 4.78 is 39.4. The summed E-state index contributed by atoms with van der Waals surface area (Å²) in [6, 6.07) is 2.12. The fourth-order valence-electron chi connectivity index (χ4n) is 2.45. The molecular weight excluding hydrogens is 283 g/mol. The van der Waals surface area contributed by atoms with E-state index in [-0.39, 0.29) is 12.2 Å². The normalized spacial score (nSPS) is 19.5. The van der Waals surface area contributed by atoms with Crippen molar-refractivity contribution in [3.63, 3.8) is 0 Å². The molecular formula is C14H18F3N3O. The Labute approximate surface area is 121 Å². The number of likely N-dealkylation sites (tertiary alicyclic amines) is 1. The third-order valence-electron chi connectivity index (χ3n) is 3.59. The van der Waals surface area contributed by atoms with Crippen LogP contribution in [0, 0.1) is 17.5 Å². The van der Waals surface area contributed by atoms with Crippen molar-refractivity contribution in [2.24, 2.45) is 0 Å². The molecule has 1 atom stereocenters. The molecule has 0 saturated carbocycles. The van der Waals surface area contributed by atoms with Crippen molar-refractivity contribution in [3.05, 3.63) is 29.6 Å². The smallest absolute Gasteiger partial charge is 0.238 e. The van der Waals surface area contributed by atoms with Crippen LogP contribution in [-0.2, 0) is 4.79 Å². The zero-order chi connectivity index (χ0) is 15.4. The summed E-state index contributed by atoms with van der Waals surface area (Å²) in [6.45, 7) is 1.60. The van der Waals surface area contributed by atoms with E-state index in [1.807, 2.05) is 11.9 Å². The third kappa shape index (κ3) is 3.95. The molecule has 1 aliphatic heterocycles. The topological polar surface area (TPSA) is 44.4 Å². The molecule has 1 fully saturated rings. The summed E-state index contributed by atoms with van der Waals surface area (Å²) in [4.78, 5) is 13.8. The molecule has 1 aromatic carbocycles. The van der Waals surface area contributed by atoms with Gasteiger partial charge in [-0.1, -0.05) is 0 Å². The number of anilines is 1. The number of rotatable bonds is 4. The molecule has 2 rings (SSSR count). The molecule has 0 spiro atoms. The van der Waals surface area contributed by atoms with E-state index in [0.29, 0.717) is 6.04 Å². The number of nitrogens with zero attached hydrogens (tertiary/aromatic N) is 1. The number of carbonyl (C=O) groups is 1. The van der Waals surface area contributed by atoms with Gasteiger partial charge in [-0.3, -0.25) is 9.69 Å². The van der Waals surface area contributed by atoms with E-state index in [0.717, 1.165) is 38.1 Å². The van der Waals surface area contributed by atoms with Gasteiger partial charge in [0.05, 0.1) is 12.2 Å². The Morgan fingerprint density at radius 3 is 2.81 bits per heavy atom. The number of hydrogen-bond acceptors (Lipinski definition) is 3. The third-order valence-corrected chi connectivity index (χ3v) is 3.59. The Hall–Kier alpha value is -1.60. The van der Waals surface area contributed by atoms with Crippen LogP contribution in [0.1, 0.15) is 12.8 Å². The van der Waals surface area contributed by atoms with Gasteiger partial charge in [0.2, 0.25) is 5.91 Å². The van der Waals surface area contributed by atoms with Gasteiger partial charge in [0.1, 0.15) is 0 Å². The molecule has 4 nitrogen and oxygen atoms in total. The molecule has 0 aromatic heterocycles. The summed E-state index contributed by atoms with van der Waals surface area (Å²) in [7, 11) is 1.87. The zero-order valence-electron chi connectivity index (χ0n) is 11.8. The van der Waals surface area contributed by atoms with Gasteiger partial charge in [-0.25, -0.2) is 13.2 Å². The van der Waals surface area contributed by atoms with E-state index >= 15 is 0 Å². The molecule has 1 aromatic rings. The van der Waals surface area contributed by atoms with Crippen LogP contribution in [0.3, 0.4) is 0 Å². The van der Waals surface area contributed by atoms with Gasteiger partial charge in [0.25, 0.3) is 0 Å². The Bertz CT molecular complexity index is 524. The van der Waals surface area contributed by atoms with Crippen molar-refractivity contribution in [1.82, 2.24) is 10.2 Å². The maximum Gasteiger partial charge on any atom is 0.238 e. The summed E-state index contributed by atoms with van der Waals surface area (Å²) in [5, 5.41) is 5.43. The number of carbonyl (C=O) groups excluding carboxylic acids is 1. The molecule has 1 heterocycles. The van der Waals surface area contributed by atoms with Crippen molar-refractivity contribution in [2.75, 3.05) is 32.0 Å². The standard InChI is InChI=1S/C14H18F3N3O/c1-18-9-3-2-6-20(7-9)8-12(21)19-11-5-4-10(15)13(16)14(11)17/h4-5,9,18H,2-3,6-8H2,1H3,(H,19,21). The lowest BCUT2D eigenvalue weighted by Gasteiger charge is -2.31. The van der Waals surface area contributed by atoms with E-state index in [1.54, 1.807) is 0 Å². The second-order valence-electron chi connectivity index (χ2n) is 5.13. The first-order valence-corrected chi connectivity index (χ1v) is 6.84. The quantitative estimate of drug-likeness (QED) is 0.833. The van der Waals surface area contributed by atoms with Crippen LogP contribution in [0.4, 0.5) is 18.9 Å². The monoisotopic (exact) mass is 301 g/mol. The van der Waals surface area contributed by atoms with Crippen LogP contribution in [0.25, 0.3) is 0 Å². The minimum absolute atomic E-state index is 0.0939. The first-order valence-electron chi connectivity index (χ1n) is 6.84. The molecule has 0 bridgehead atoms. The molecule has 1 amide bonds. The average Bonchev–Trinajstić information content (AvgIpc) is 2.48. The van der Waals surface area contributed by atoms with Gasteiger partial charge in [0, 0.05) is 12.6 Å². The number of hydrogen-bond donors (Lipinski definition) is 2. The molecule has 116 valence electrons. The number of amides is 1. The molecule has 2 N–H and O–H groups in total. The second-order valence-corrected chi connectivity index (χ2v) is 5.13. The lowest BCUT2D eigenvalue weighted by molar-refractivity contribution is -0.117. The van der Waals surface area contributed by atoms with Crippen LogP contribution in [0.5, 0.6) is 0 Å². The Morgan fingerprint density at radius 1 is 1.33 bits per heavy atom. The first-order chi connectivity index (χ1) is 10.0. The van der Waals surface area contributed by atoms with Crippen LogP contribution in [0.2, 0.25) is 0 Å². The van der Waals surface area contributed by atoms with Crippen LogP contribution in [0.15, 0.2) is 12.1 Å². The predicted octanol–water partition coefficient (Wildman–Crippen LogP) is 1.73. The maximum atomic E-state index is 13.5. The van der Waals surface area contributed by atoms with Gasteiger partial charge >= 0.3 is 0 Å². The van der Waals surface area contributed by atoms with Crippen LogP contribution in [-0.4, -0.2) is 43.5 Å². The SMILES string of the molecule is CNC1CCCN(CC(=O)Nc2ccc(F)c(F)c2F)C1. The Kier molecular flexibility index (Phi) is 5.19. The highest BCUT2D eigenvalue weighted by Gasteiger charge is 2.21. The average molecular weight is 301 g/mol. The van der Waals surface area contributed by atoms with E-state index in [1.165, 1.54) is 0 Å². The summed E-state index contributed by atoms with van der Waals surface area (Å²) in [5.74, 6) is -4.69. The second kappa shape index (κ2) is 6.91. The molecule has 1 saturated heterocycles. The highest BCUT2D eigenvalue weighted by atomic mass is 19.2. The fraction of sp³-hybridized carbons (Fsp3) is 0.500. The van der Waals surface area contributed by atoms with Crippen LogP contribution < -0.4 is 10.6 Å². The van der Waals surface area contributed by atoms with Crippen LogP contribution >= 0.6 is 0 Å². The molecule has 0 radical (unpaired) electrons. The summed E-state index contributed by atoms with van der Waals surface area (Å²) >= 11 is 0. The lowest BCUT2D eigenvalue weighted by Crippen LogP contribution is -2.46. The number of nitrogens with one attached hydrogen (secondary N) is 2. The predicted molar refractivity (Wildman–Crippen MR) is 73.5 cm³/mol. The lowest BCUT2D eigenvalue weighted by atomic mass is 10.1. The zero-order valence-corrected chi connectivity index (χ0v) is 11.8. The van der Waals surface area contributed by atoms with E-state index < -0.39 is 23.4 Å². The fourth-order valence-corrected chi connectivity index (χ4v) is 2.45. The molecule has 0 aliphatic carbocycles. The minimum Gasteiger partial charge on any atom is -0.322 e. The van der Waals surface area contributed by atoms with Gasteiger partial charge < -0.3 is 10.6 Å². The van der Waals surface area contributed by atoms with Gasteiger partial charge in [-0.05, 0) is 38.6 Å². The van der Waals surface area contributed by atoms with Gasteiger partial charge in [-0.2, -0.15) is 0 Å². The summed E-state index contributed by atoms with van der Waals surface area (Å²) in [6.07, 6.45) is 2.02. The number of halogens is 3. The Balaban J connectivity index is 1.94. The molecule has 1 unspecified atom stereocenters. The summed E-state index contributed by atoms with van der Waals surface area (Å²) in [5.41, 5.74) is -0.346. The van der Waals surface area contributed by atoms with Crippen molar-refractivity contribution in [3.8, 4) is 0 Å². The first kappa shape index (κ1) is 15.8. The van der Waals surface area contributed by atoms with Crippen molar-refractivity contribution in [2.45, 2.75) is 18.9 Å². The highest BCUT2D eigenvalue weighted by Crippen LogP contribution is 2.19. The highest BCUT2D eigenvalue weighted by molar-refractivity contribution is 5.92. The maximum absolute atomic E-state index is 13.5. The van der Waals surface area contributed by atoms with Gasteiger partial charge in [0.15, 0.2) is 17.5 Å². The number of piperidine rings is 1. The number of benzene rings is 1. The molecule has 7 heteroatoms. The van der Waals surface area contributed by atoms with E-state index in [2.05, 4.69) is 10.6 Å². The largest absolute Gasteiger partial charge is 0.322 e. The van der Waals surface area contributed by atoms with E-state index in [9.17, 15) is 18.0 Å². The minimum atomic E-state index is -1.58. The van der Waals surface area contributed by atoms with Gasteiger partial charge in [-0.15, -0.1) is 0 Å². The van der Waals surface area contributed by atoms with Crippen molar-refractivity contribution >= 4 is 11.6 Å². The Morgan fingerprint density at radius 2 is 2.10 bits per heavy atom. The molecule has 1 aliphatic rings. The van der Waals surface area contributed by atoms with Crippen molar-refractivity contribution < 1.29 is 18.0 Å².